The predicted molar refractivity (Wildman–Crippen MR) is 173 cm³/mol. The second kappa shape index (κ2) is 11.8. The number of para-hydroxylation sites is 2. The number of anilines is 1. The number of likely N-dealkylation sites (tertiary alicyclic amines) is 1. The Balaban J connectivity index is 1.06. The Kier molecular flexibility index (Phi) is 7.70. The largest absolute Gasteiger partial charge is 0.337 e. The van der Waals surface area contributed by atoms with Crippen LogP contribution in [-0.4, -0.2) is 67.9 Å². The van der Waals surface area contributed by atoms with E-state index in [4.69, 9.17) is 4.98 Å². The minimum atomic E-state index is -0.208. The van der Waals surface area contributed by atoms with Crippen molar-refractivity contribution in [3.63, 3.8) is 0 Å². The van der Waals surface area contributed by atoms with E-state index in [2.05, 4.69) is 81.3 Å². The molecule has 5 heterocycles. The van der Waals surface area contributed by atoms with E-state index in [9.17, 15) is 9.59 Å². The van der Waals surface area contributed by atoms with Gasteiger partial charge in [-0.25, -0.2) is 9.97 Å². The molecule has 3 aliphatic rings. The van der Waals surface area contributed by atoms with Crippen LogP contribution in [0.1, 0.15) is 79.8 Å². The molecule has 0 saturated carbocycles. The van der Waals surface area contributed by atoms with E-state index in [1.807, 2.05) is 4.90 Å². The van der Waals surface area contributed by atoms with Gasteiger partial charge in [0.2, 0.25) is 5.91 Å². The quantitative estimate of drug-likeness (QED) is 0.280. The van der Waals surface area contributed by atoms with Crippen molar-refractivity contribution >= 4 is 28.5 Å². The summed E-state index contributed by atoms with van der Waals surface area (Å²) in [5.41, 5.74) is 4.56. The van der Waals surface area contributed by atoms with Crippen molar-refractivity contribution in [3.05, 3.63) is 90.0 Å². The topological polar surface area (TPSA) is 83.4 Å². The van der Waals surface area contributed by atoms with Gasteiger partial charge in [0, 0.05) is 44.3 Å². The molecular weight excluding hydrogens is 548 g/mol. The van der Waals surface area contributed by atoms with Crippen molar-refractivity contribution in [3.8, 4) is 0 Å². The molecule has 0 radical (unpaired) electrons. The van der Waals surface area contributed by atoms with Crippen molar-refractivity contribution in [1.82, 2.24) is 24.3 Å². The zero-order valence-electron chi connectivity index (χ0n) is 25.8. The van der Waals surface area contributed by atoms with Gasteiger partial charge >= 0.3 is 0 Å². The first kappa shape index (κ1) is 28.7. The van der Waals surface area contributed by atoms with Gasteiger partial charge in [0.05, 0.1) is 16.7 Å². The Morgan fingerprint density at radius 1 is 0.909 bits per heavy atom. The number of amides is 2. The molecular formula is C36H42N6O2. The number of aryl methyl sites for hydroxylation is 1. The summed E-state index contributed by atoms with van der Waals surface area (Å²) in [4.78, 5) is 39.3. The highest BCUT2D eigenvalue weighted by atomic mass is 16.2. The van der Waals surface area contributed by atoms with Gasteiger partial charge in [0.1, 0.15) is 5.82 Å². The summed E-state index contributed by atoms with van der Waals surface area (Å²) in [5.74, 6) is 0.807. The highest BCUT2D eigenvalue weighted by molar-refractivity contribution is 6.01. The van der Waals surface area contributed by atoms with E-state index in [0.29, 0.717) is 42.6 Å². The Hall–Kier alpha value is -4.04. The van der Waals surface area contributed by atoms with Gasteiger partial charge in [-0.05, 0) is 93.7 Å². The molecule has 2 aromatic heterocycles. The number of rotatable bonds is 7. The number of fused-ring (bicyclic) bond motifs is 3. The molecule has 2 aromatic carbocycles. The second-order valence-corrected chi connectivity index (χ2v) is 13.0. The number of imidazole rings is 1. The summed E-state index contributed by atoms with van der Waals surface area (Å²) < 4.78 is 2.51. The SMILES string of the molecule is CC(=O)Nc1cccnc1C(=O)N1CCC(CCN2[C@@H]3CC[C@H]2C[C@@H](n2c(C)nc4ccccc42)C3)(c2ccccc2)CC1. The average Bonchev–Trinajstić information content (AvgIpc) is 3.50. The average molecular weight is 591 g/mol. The van der Waals surface area contributed by atoms with Gasteiger partial charge in [-0.15, -0.1) is 0 Å². The summed E-state index contributed by atoms with van der Waals surface area (Å²) >= 11 is 0. The molecule has 0 aliphatic carbocycles. The summed E-state index contributed by atoms with van der Waals surface area (Å²) in [6.07, 6.45) is 9.43. The second-order valence-electron chi connectivity index (χ2n) is 13.0. The lowest BCUT2D eigenvalue weighted by Gasteiger charge is -2.45. The van der Waals surface area contributed by atoms with Crippen LogP contribution in [0.15, 0.2) is 72.9 Å². The van der Waals surface area contributed by atoms with Gasteiger partial charge < -0.3 is 14.8 Å². The lowest BCUT2D eigenvalue weighted by molar-refractivity contribution is -0.114. The zero-order valence-corrected chi connectivity index (χ0v) is 25.8. The normalized spacial score (nSPS) is 23.1. The van der Waals surface area contributed by atoms with E-state index < -0.39 is 0 Å². The van der Waals surface area contributed by atoms with E-state index in [1.165, 1.54) is 43.7 Å². The highest BCUT2D eigenvalue weighted by Crippen LogP contribution is 2.45. The molecule has 2 amide bonds. The van der Waals surface area contributed by atoms with Crippen molar-refractivity contribution in [2.45, 2.75) is 82.3 Å². The summed E-state index contributed by atoms with van der Waals surface area (Å²) in [7, 11) is 0. The standard InChI is InChI=1S/C36H42N6O2/c1-25-38-31-11-6-7-13-33(31)42(25)30-23-28-14-15-29(24-30)41(28)22-18-36(27-9-4-3-5-10-27)16-20-40(21-17-36)35(44)34-32(39-26(2)43)12-8-19-37-34/h3-13,19,28-30H,14-18,20-24H2,1-2H3,(H,39,43)/t28-,29+,30+. The minimum absolute atomic E-state index is 0.0239. The summed E-state index contributed by atoms with van der Waals surface area (Å²) in [6, 6.07) is 24.7. The molecule has 228 valence electrons. The van der Waals surface area contributed by atoms with Crippen LogP contribution in [0.4, 0.5) is 5.69 Å². The fourth-order valence-corrected chi connectivity index (χ4v) is 8.42. The van der Waals surface area contributed by atoms with E-state index >= 15 is 0 Å². The molecule has 4 aromatic rings. The molecule has 3 saturated heterocycles. The van der Waals surface area contributed by atoms with Gasteiger partial charge in [0.25, 0.3) is 5.91 Å². The van der Waals surface area contributed by atoms with Gasteiger partial charge in [-0.3, -0.25) is 14.5 Å². The van der Waals surface area contributed by atoms with Gasteiger partial charge in [0.15, 0.2) is 5.69 Å². The number of hydrogen-bond donors (Lipinski definition) is 1. The van der Waals surface area contributed by atoms with Crippen LogP contribution in [-0.2, 0) is 10.2 Å². The molecule has 0 unspecified atom stereocenters. The fraction of sp³-hybridized carbons (Fsp3) is 0.444. The molecule has 8 nitrogen and oxygen atoms in total. The first-order valence-electron chi connectivity index (χ1n) is 16.2. The maximum absolute atomic E-state index is 13.6. The summed E-state index contributed by atoms with van der Waals surface area (Å²) in [5, 5.41) is 2.77. The first-order chi connectivity index (χ1) is 21.4. The van der Waals surface area contributed by atoms with Crippen molar-refractivity contribution in [2.24, 2.45) is 0 Å². The number of hydrogen-bond acceptors (Lipinski definition) is 5. The van der Waals surface area contributed by atoms with Crippen LogP contribution in [0.3, 0.4) is 0 Å². The predicted octanol–water partition coefficient (Wildman–Crippen LogP) is 6.13. The Morgan fingerprint density at radius 3 is 2.34 bits per heavy atom. The molecule has 1 N–H and O–H groups in total. The number of carbonyl (C=O) groups excluding carboxylic acids is 2. The van der Waals surface area contributed by atoms with E-state index in [1.54, 1.807) is 18.3 Å². The Labute approximate surface area is 259 Å². The van der Waals surface area contributed by atoms with Gasteiger partial charge in [-0.2, -0.15) is 0 Å². The molecule has 2 bridgehead atoms. The smallest absolute Gasteiger partial charge is 0.274 e. The number of carbonyl (C=O) groups is 2. The monoisotopic (exact) mass is 590 g/mol. The third kappa shape index (κ3) is 5.30. The van der Waals surface area contributed by atoms with Crippen LogP contribution < -0.4 is 5.32 Å². The molecule has 3 fully saturated rings. The zero-order chi connectivity index (χ0) is 30.3. The van der Waals surface area contributed by atoms with Crippen LogP contribution in [0, 0.1) is 6.92 Å². The lowest BCUT2D eigenvalue weighted by atomic mass is 9.70. The Morgan fingerprint density at radius 2 is 1.61 bits per heavy atom. The molecule has 8 heteroatoms. The number of aromatic nitrogens is 3. The third-order valence-electron chi connectivity index (χ3n) is 10.6. The van der Waals surface area contributed by atoms with Crippen LogP contribution in [0.5, 0.6) is 0 Å². The number of pyridine rings is 1. The minimum Gasteiger partial charge on any atom is -0.337 e. The van der Waals surface area contributed by atoms with Crippen molar-refractivity contribution < 1.29 is 9.59 Å². The maximum atomic E-state index is 13.6. The third-order valence-corrected chi connectivity index (χ3v) is 10.6. The molecule has 0 spiro atoms. The maximum Gasteiger partial charge on any atom is 0.274 e. The van der Waals surface area contributed by atoms with Crippen LogP contribution in [0.2, 0.25) is 0 Å². The molecule has 7 rings (SSSR count). The van der Waals surface area contributed by atoms with E-state index in [0.717, 1.165) is 37.1 Å². The number of nitrogens with one attached hydrogen (secondary N) is 1. The molecule has 44 heavy (non-hydrogen) atoms. The van der Waals surface area contributed by atoms with Crippen LogP contribution >= 0.6 is 0 Å². The van der Waals surface area contributed by atoms with Crippen molar-refractivity contribution in [2.75, 3.05) is 25.0 Å². The fourth-order valence-electron chi connectivity index (χ4n) is 8.42. The van der Waals surface area contributed by atoms with Gasteiger partial charge in [-0.1, -0.05) is 42.5 Å². The number of piperidine rings is 2. The number of benzene rings is 2. The van der Waals surface area contributed by atoms with Crippen LogP contribution in [0.25, 0.3) is 11.0 Å². The lowest BCUT2D eigenvalue weighted by Crippen LogP contribution is -2.49. The Bertz CT molecular complexity index is 1640. The summed E-state index contributed by atoms with van der Waals surface area (Å²) in [6.45, 7) is 6.04. The number of nitrogens with zero attached hydrogens (tertiary/aromatic N) is 5. The first-order valence-corrected chi connectivity index (χ1v) is 16.2. The van der Waals surface area contributed by atoms with E-state index in [-0.39, 0.29) is 17.2 Å². The molecule has 3 aliphatic heterocycles. The van der Waals surface area contributed by atoms with Crippen molar-refractivity contribution in [1.29, 1.82) is 0 Å². The molecule has 3 atom stereocenters. The highest BCUT2D eigenvalue weighted by Gasteiger charge is 2.44.